The number of carbonyl (C=O) groups excluding carboxylic acids is 2. The zero-order valence-corrected chi connectivity index (χ0v) is 20.9. The molecule has 31 heavy (non-hydrogen) atoms. The lowest BCUT2D eigenvalue weighted by atomic mass is 10.2. The number of aliphatic hydroxyl groups excluding tert-OH is 1. The summed E-state index contributed by atoms with van der Waals surface area (Å²) >= 11 is 3.46. The first-order valence-corrected chi connectivity index (χ1v) is 10.8. The molecule has 0 saturated carbocycles. The quantitative estimate of drug-likeness (QED) is 0.323. The number of aliphatic hydroxyl groups is 1. The van der Waals surface area contributed by atoms with Crippen molar-refractivity contribution in [3.8, 4) is 5.75 Å². The van der Waals surface area contributed by atoms with Gasteiger partial charge in [-0.3, -0.25) is 4.90 Å². The fourth-order valence-corrected chi connectivity index (χ4v) is 2.83. The van der Waals surface area contributed by atoms with Gasteiger partial charge in [0.15, 0.2) is 0 Å². The van der Waals surface area contributed by atoms with Gasteiger partial charge in [0.25, 0.3) is 0 Å². The van der Waals surface area contributed by atoms with Gasteiger partial charge in [-0.15, -0.1) is 0 Å². The lowest BCUT2D eigenvalue weighted by Gasteiger charge is -2.27. The lowest BCUT2D eigenvalue weighted by molar-refractivity contribution is 0.0357. The number of ether oxygens (including phenoxy) is 3. The maximum atomic E-state index is 12.8. The highest BCUT2D eigenvalue weighted by atomic mass is 79.9. The summed E-state index contributed by atoms with van der Waals surface area (Å²) in [6, 6.07) is 5.38. The third-order valence-electron chi connectivity index (χ3n) is 3.55. The highest BCUT2D eigenvalue weighted by Gasteiger charge is 2.26. The Kier molecular flexibility index (Phi) is 9.96. The third kappa shape index (κ3) is 10.6. The van der Waals surface area contributed by atoms with Crippen molar-refractivity contribution in [3.05, 3.63) is 28.2 Å². The van der Waals surface area contributed by atoms with Crippen molar-refractivity contribution in [1.82, 2.24) is 4.90 Å². The van der Waals surface area contributed by atoms with Crippen molar-refractivity contribution in [2.24, 2.45) is 4.99 Å². The number of hydrogen-bond donors (Lipinski definition) is 1. The molecule has 0 bridgehead atoms. The number of amidine groups is 1. The highest BCUT2D eigenvalue weighted by Crippen LogP contribution is 2.27. The van der Waals surface area contributed by atoms with Crippen LogP contribution in [0, 0.1) is 0 Å². The summed E-state index contributed by atoms with van der Waals surface area (Å²) in [6.07, 6.45) is -0.884. The average molecular weight is 501 g/mol. The van der Waals surface area contributed by atoms with E-state index in [2.05, 4.69) is 20.9 Å². The minimum atomic E-state index is -0.785. The van der Waals surface area contributed by atoms with Gasteiger partial charge in [-0.05, 0) is 82.1 Å². The number of amides is 2. The van der Waals surface area contributed by atoms with E-state index >= 15 is 0 Å². The van der Waals surface area contributed by atoms with Crippen LogP contribution in [0.25, 0.3) is 0 Å². The van der Waals surface area contributed by atoms with E-state index in [4.69, 9.17) is 19.3 Å². The predicted molar refractivity (Wildman–Crippen MR) is 122 cm³/mol. The number of halogens is 1. The van der Waals surface area contributed by atoms with E-state index in [-0.39, 0.29) is 19.0 Å². The summed E-state index contributed by atoms with van der Waals surface area (Å²) in [5.74, 6) is 0.781. The molecule has 0 aliphatic rings. The molecule has 0 atom stereocenters. The summed E-state index contributed by atoms with van der Waals surface area (Å²) in [7, 11) is 0. The summed E-state index contributed by atoms with van der Waals surface area (Å²) in [5, 5.41) is 8.88. The van der Waals surface area contributed by atoms with Crippen molar-refractivity contribution in [2.75, 3.05) is 13.2 Å². The van der Waals surface area contributed by atoms with Gasteiger partial charge in [0, 0.05) is 13.0 Å². The number of benzene rings is 1. The minimum absolute atomic E-state index is 0.0524. The second-order valence-electron chi connectivity index (χ2n) is 8.90. The Hall–Kier alpha value is -2.13. The number of nitrogens with zero attached hydrogens (tertiary/aromatic N) is 2. The Morgan fingerprint density at radius 1 is 1.10 bits per heavy atom. The van der Waals surface area contributed by atoms with Crippen LogP contribution in [0.15, 0.2) is 27.7 Å². The predicted octanol–water partition coefficient (Wildman–Crippen LogP) is 5.30. The number of aliphatic imine (C=N–C) groups is 1. The van der Waals surface area contributed by atoms with E-state index in [9.17, 15) is 9.59 Å². The van der Waals surface area contributed by atoms with Gasteiger partial charge in [0.05, 0.1) is 17.6 Å². The molecule has 0 radical (unpaired) electrons. The molecule has 0 fully saturated rings. The molecule has 1 aromatic carbocycles. The molecule has 9 heteroatoms. The molecule has 0 spiro atoms. The maximum absolute atomic E-state index is 12.8. The summed E-state index contributed by atoms with van der Waals surface area (Å²) in [5.41, 5.74) is -0.646. The maximum Gasteiger partial charge on any atom is 0.435 e. The molecule has 1 aromatic rings. The Morgan fingerprint density at radius 2 is 1.71 bits per heavy atom. The molecule has 0 aromatic heterocycles. The van der Waals surface area contributed by atoms with E-state index in [1.165, 1.54) is 4.90 Å². The Labute approximate surface area is 192 Å². The van der Waals surface area contributed by atoms with Crippen molar-refractivity contribution in [2.45, 2.75) is 72.6 Å². The Bertz CT molecular complexity index is 796. The van der Waals surface area contributed by atoms with E-state index in [0.29, 0.717) is 23.2 Å². The van der Waals surface area contributed by atoms with Crippen LogP contribution >= 0.6 is 15.9 Å². The fraction of sp³-hybridized carbons (Fsp3) is 0.591. The molecule has 1 rings (SSSR count). The van der Waals surface area contributed by atoms with Crippen molar-refractivity contribution < 1.29 is 28.9 Å². The van der Waals surface area contributed by atoms with Crippen LogP contribution in [0.2, 0.25) is 0 Å². The van der Waals surface area contributed by atoms with Crippen LogP contribution in [0.5, 0.6) is 5.75 Å². The van der Waals surface area contributed by atoms with Crippen LogP contribution in [0.1, 0.15) is 60.5 Å². The molecule has 0 aliphatic heterocycles. The second-order valence-corrected chi connectivity index (χ2v) is 9.75. The molecule has 0 saturated heterocycles. The first-order chi connectivity index (χ1) is 14.2. The largest absolute Gasteiger partial charge is 0.492 e. The minimum Gasteiger partial charge on any atom is -0.492 e. The van der Waals surface area contributed by atoms with Gasteiger partial charge < -0.3 is 19.3 Å². The molecular formula is C22H33BrN2O6. The standard InChI is InChI=1S/C22H33BrN2O6/c1-15(24-19(27)30-21(2,3)4)25(20(28)31-22(5,6)7)14-16-9-10-18(17(23)13-16)29-12-8-11-26/h9-10,13,26H,8,11-12,14H2,1-7H3. The van der Waals surface area contributed by atoms with E-state index in [0.717, 1.165) is 5.56 Å². The molecular weight excluding hydrogens is 468 g/mol. The molecule has 0 aliphatic carbocycles. The van der Waals surface area contributed by atoms with Gasteiger partial charge >= 0.3 is 12.2 Å². The summed E-state index contributed by atoms with van der Waals surface area (Å²) < 4.78 is 17.0. The molecule has 1 N–H and O–H groups in total. The van der Waals surface area contributed by atoms with E-state index in [1.807, 2.05) is 6.07 Å². The van der Waals surface area contributed by atoms with Crippen LogP contribution in [0.3, 0.4) is 0 Å². The number of carbonyl (C=O) groups is 2. The fourth-order valence-electron chi connectivity index (χ4n) is 2.29. The zero-order valence-electron chi connectivity index (χ0n) is 19.3. The normalized spacial score (nSPS) is 12.4. The Balaban J connectivity index is 3.11. The van der Waals surface area contributed by atoms with E-state index < -0.39 is 23.4 Å². The number of rotatable bonds is 6. The molecule has 2 amide bonds. The van der Waals surface area contributed by atoms with E-state index in [1.54, 1.807) is 60.6 Å². The van der Waals surface area contributed by atoms with Gasteiger partial charge in [-0.25, -0.2) is 9.59 Å². The van der Waals surface area contributed by atoms with Crippen molar-refractivity contribution in [3.63, 3.8) is 0 Å². The molecule has 0 heterocycles. The monoisotopic (exact) mass is 500 g/mol. The number of hydrogen-bond acceptors (Lipinski definition) is 6. The molecule has 8 nitrogen and oxygen atoms in total. The summed E-state index contributed by atoms with van der Waals surface area (Å²) in [4.78, 5) is 30.1. The molecule has 0 unspecified atom stereocenters. The summed E-state index contributed by atoms with van der Waals surface area (Å²) in [6.45, 7) is 12.6. The smallest absolute Gasteiger partial charge is 0.435 e. The van der Waals surface area contributed by atoms with Crippen molar-refractivity contribution in [1.29, 1.82) is 0 Å². The SMILES string of the molecule is CC(=NC(=O)OC(C)(C)C)N(Cc1ccc(OCCCO)c(Br)c1)C(=O)OC(C)(C)C. The van der Waals surface area contributed by atoms with Crippen LogP contribution in [0.4, 0.5) is 9.59 Å². The zero-order chi connectivity index (χ0) is 23.8. The average Bonchev–Trinajstić information content (AvgIpc) is 2.58. The lowest BCUT2D eigenvalue weighted by Crippen LogP contribution is -2.40. The van der Waals surface area contributed by atoms with Gasteiger partial charge in [0.2, 0.25) is 0 Å². The topological polar surface area (TPSA) is 97.7 Å². The van der Waals surface area contributed by atoms with Gasteiger partial charge in [0.1, 0.15) is 22.8 Å². The highest BCUT2D eigenvalue weighted by molar-refractivity contribution is 9.10. The van der Waals surface area contributed by atoms with Crippen LogP contribution in [-0.4, -0.2) is 52.4 Å². The van der Waals surface area contributed by atoms with Crippen molar-refractivity contribution >= 4 is 34.0 Å². The first kappa shape index (κ1) is 26.9. The van der Waals surface area contributed by atoms with Gasteiger partial charge in [-0.2, -0.15) is 4.99 Å². The second kappa shape index (κ2) is 11.5. The van der Waals surface area contributed by atoms with Crippen LogP contribution in [-0.2, 0) is 16.0 Å². The van der Waals surface area contributed by atoms with Gasteiger partial charge in [-0.1, -0.05) is 6.07 Å². The first-order valence-electron chi connectivity index (χ1n) is 10.0. The third-order valence-corrected chi connectivity index (χ3v) is 4.17. The Morgan fingerprint density at radius 3 is 2.23 bits per heavy atom. The van der Waals surface area contributed by atoms with Crippen LogP contribution < -0.4 is 4.74 Å². The molecule has 174 valence electrons.